The molecule has 0 saturated heterocycles. The summed E-state index contributed by atoms with van der Waals surface area (Å²) in [5, 5.41) is 9.66. The Morgan fingerprint density at radius 3 is 2.09 bits per heavy atom. The van der Waals surface area contributed by atoms with E-state index in [1.807, 2.05) is 32.0 Å². The molecule has 3 N–H and O–H groups in total. The summed E-state index contributed by atoms with van der Waals surface area (Å²) in [7, 11) is 0. The number of hydrogen-bond acceptors (Lipinski definition) is 2. The quantitative estimate of drug-likeness (QED) is 0.854. The molecular formula is C19H24ClNO2. The van der Waals surface area contributed by atoms with Crippen molar-refractivity contribution in [3.8, 4) is 0 Å². The second-order valence-corrected chi connectivity index (χ2v) is 6.07. The van der Waals surface area contributed by atoms with E-state index in [0.717, 1.165) is 18.5 Å². The summed E-state index contributed by atoms with van der Waals surface area (Å²) in [6.07, 6.45) is 0.987. The minimum atomic E-state index is -0.790. The van der Waals surface area contributed by atoms with Crippen LogP contribution in [-0.2, 0) is 11.2 Å². The lowest BCUT2D eigenvalue weighted by Crippen LogP contribution is -2.17. The Morgan fingerprint density at radius 1 is 1.09 bits per heavy atom. The zero-order valence-corrected chi connectivity index (χ0v) is 14.3. The predicted molar refractivity (Wildman–Crippen MR) is 95.9 cm³/mol. The third kappa shape index (κ3) is 6.85. The van der Waals surface area contributed by atoms with E-state index in [2.05, 4.69) is 12.1 Å². The van der Waals surface area contributed by atoms with Gasteiger partial charge in [-0.2, -0.15) is 0 Å². The molecule has 0 amide bonds. The Hall–Kier alpha value is -1.84. The standard InChI is InChI=1S/C11H13ClO2.C8H11N/c1-7(2)10(11(13)14)8-3-5-9(12)6-4-8;9-7-6-8-4-2-1-3-5-8/h3-7,10H,1-2H3,(H,13,14);1-5H,6-7,9H2. The fraction of sp³-hybridized carbons (Fsp3) is 0.316. The minimum Gasteiger partial charge on any atom is -0.481 e. The average Bonchev–Trinajstić information content (AvgIpc) is 2.51. The van der Waals surface area contributed by atoms with Gasteiger partial charge in [-0.05, 0) is 42.1 Å². The summed E-state index contributed by atoms with van der Waals surface area (Å²) in [4.78, 5) is 11.0. The van der Waals surface area contributed by atoms with E-state index >= 15 is 0 Å². The zero-order chi connectivity index (χ0) is 17.2. The largest absolute Gasteiger partial charge is 0.481 e. The van der Waals surface area contributed by atoms with Crippen LogP contribution in [0.4, 0.5) is 0 Å². The normalized spacial score (nSPS) is 11.5. The summed E-state index contributed by atoms with van der Waals surface area (Å²) >= 11 is 5.73. The number of carboxylic acid groups (broad SMARTS) is 1. The van der Waals surface area contributed by atoms with E-state index in [9.17, 15) is 4.79 Å². The van der Waals surface area contributed by atoms with Crippen molar-refractivity contribution in [2.75, 3.05) is 6.54 Å². The SMILES string of the molecule is CC(C)C(C(=O)O)c1ccc(Cl)cc1.NCCc1ccccc1. The average molecular weight is 334 g/mol. The molecule has 0 aliphatic carbocycles. The van der Waals surface area contributed by atoms with Crippen LogP contribution in [0, 0.1) is 5.92 Å². The molecule has 3 nitrogen and oxygen atoms in total. The maximum atomic E-state index is 11.0. The van der Waals surface area contributed by atoms with Crippen LogP contribution >= 0.6 is 11.6 Å². The van der Waals surface area contributed by atoms with Crippen LogP contribution in [0.3, 0.4) is 0 Å². The lowest BCUT2D eigenvalue weighted by molar-refractivity contribution is -0.139. The van der Waals surface area contributed by atoms with E-state index in [4.69, 9.17) is 22.4 Å². The van der Waals surface area contributed by atoms with E-state index < -0.39 is 11.9 Å². The van der Waals surface area contributed by atoms with Gasteiger partial charge < -0.3 is 10.8 Å². The van der Waals surface area contributed by atoms with Crippen molar-refractivity contribution < 1.29 is 9.90 Å². The number of aliphatic carboxylic acids is 1. The third-order valence-corrected chi connectivity index (χ3v) is 3.69. The molecule has 1 unspecified atom stereocenters. The van der Waals surface area contributed by atoms with Crippen LogP contribution in [0.1, 0.15) is 30.9 Å². The van der Waals surface area contributed by atoms with E-state index in [-0.39, 0.29) is 5.92 Å². The van der Waals surface area contributed by atoms with Crippen molar-refractivity contribution in [2.24, 2.45) is 11.7 Å². The van der Waals surface area contributed by atoms with Crippen molar-refractivity contribution in [3.05, 3.63) is 70.7 Å². The Labute approximate surface area is 143 Å². The molecule has 0 radical (unpaired) electrons. The molecule has 2 aromatic rings. The number of benzene rings is 2. The first-order valence-corrected chi connectivity index (χ1v) is 8.05. The predicted octanol–water partition coefficient (Wildman–Crippen LogP) is 4.35. The van der Waals surface area contributed by atoms with Crippen LogP contribution in [0.15, 0.2) is 54.6 Å². The molecule has 2 rings (SSSR count). The van der Waals surface area contributed by atoms with Crippen LogP contribution in [0.25, 0.3) is 0 Å². The van der Waals surface area contributed by atoms with Crippen molar-refractivity contribution in [2.45, 2.75) is 26.2 Å². The van der Waals surface area contributed by atoms with Gasteiger partial charge in [0.05, 0.1) is 5.92 Å². The van der Waals surface area contributed by atoms with Gasteiger partial charge in [-0.3, -0.25) is 4.79 Å². The summed E-state index contributed by atoms with van der Waals surface area (Å²) in [5.74, 6) is -1.16. The minimum absolute atomic E-state index is 0.0775. The molecular weight excluding hydrogens is 310 g/mol. The highest BCUT2D eigenvalue weighted by atomic mass is 35.5. The molecule has 2 aromatic carbocycles. The van der Waals surface area contributed by atoms with Gasteiger partial charge in [-0.25, -0.2) is 0 Å². The molecule has 0 aromatic heterocycles. The first kappa shape index (κ1) is 19.2. The molecule has 0 spiro atoms. The highest BCUT2D eigenvalue weighted by Gasteiger charge is 2.22. The second kappa shape index (κ2) is 10.0. The van der Waals surface area contributed by atoms with Gasteiger partial charge in [0.1, 0.15) is 0 Å². The highest BCUT2D eigenvalue weighted by Crippen LogP contribution is 2.25. The number of halogens is 1. The molecule has 0 aliphatic heterocycles. The van der Waals surface area contributed by atoms with Crippen LogP contribution in [0.5, 0.6) is 0 Å². The lowest BCUT2D eigenvalue weighted by Gasteiger charge is -2.16. The first-order valence-electron chi connectivity index (χ1n) is 7.68. The Balaban J connectivity index is 0.000000253. The Morgan fingerprint density at radius 2 is 1.65 bits per heavy atom. The van der Waals surface area contributed by atoms with Gasteiger partial charge in [-0.15, -0.1) is 0 Å². The van der Waals surface area contributed by atoms with Gasteiger partial charge in [0, 0.05) is 5.02 Å². The fourth-order valence-electron chi connectivity index (χ4n) is 2.29. The van der Waals surface area contributed by atoms with Gasteiger partial charge in [0.2, 0.25) is 0 Å². The lowest BCUT2D eigenvalue weighted by atomic mass is 9.89. The summed E-state index contributed by atoms with van der Waals surface area (Å²) in [6, 6.07) is 17.2. The molecule has 4 heteroatoms. The molecule has 0 aliphatic rings. The van der Waals surface area contributed by atoms with Gasteiger partial charge >= 0.3 is 5.97 Å². The molecule has 0 heterocycles. The fourth-order valence-corrected chi connectivity index (χ4v) is 2.42. The van der Waals surface area contributed by atoms with Crippen molar-refractivity contribution in [1.29, 1.82) is 0 Å². The maximum absolute atomic E-state index is 11.0. The summed E-state index contributed by atoms with van der Waals surface area (Å²) in [5.41, 5.74) is 7.48. The van der Waals surface area contributed by atoms with Crippen LogP contribution < -0.4 is 5.73 Å². The van der Waals surface area contributed by atoms with Gasteiger partial charge in [0.25, 0.3) is 0 Å². The molecule has 1 atom stereocenters. The summed E-state index contributed by atoms with van der Waals surface area (Å²) < 4.78 is 0. The van der Waals surface area contributed by atoms with Crippen molar-refractivity contribution in [3.63, 3.8) is 0 Å². The monoisotopic (exact) mass is 333 g/mol. The van der Waals surface area contributed by atoms with Gasteiger partial charge in [-0.1, -0.05) is 67.9 Å². The molecule has 0 bridgehead atoms. The van der Waals surface area contributed by atoms with Crippen molar-refractivity contribution in [1.82, 2.24) is 0 Å². The number of carboxylic acids is 1. The second-order valence-electron chi connectivity index (χ2n) is 5.64. The Kier molecular flexibility index (Phi) is 8.38. The Bertz CT molecular complexity index is 582. The molecule has 124 valence electrons. The van der Waals surface area contributed by atoms with E-state index in [1.165, 1.54) is 5.56 Å². The van der Waals surface area contributed by atoms with E-state index in [1.54, 1.807) is 24.3 Å². The highest BCUT2D eigenvalue weighted by molar-refractivity contribution is 6.30. The number of carbonyl (C=O) groups is 1. The van der Waals surface area contributed by atoms with Gasteiger partial charge in [0.15, 0.2) is 0 Å². The summed E-state index contributed by atoms with van der Waals surface area (Å²) in [6.45, 7) is 4.53. The maximum Gasteiger partial charge on any atom is 0.311 e. The molecule has 0 fully saturated rings. The van der Waals surface area contributed by atoms with Crippen LogP contribution in [0.2, 0.25) is 5.02 Å². The van der Waals surface area contributed by atoms with E-state index in [0.29, 0.717) is 5.02 Å². The third-order valence-electron chi connectivity index (χ3n) is 3.44. The molecule has 0 saturated carbocycles. The smallest absolute Gasteiger partial charge is 0.311 e. The number of hydrogen-bond donors (Lipinski definition) is 2. The number of rotatable bonds is 5. The number of nitrogens with two attached hydrogens (primary N) is 1. The van der Waals surface area contributed by atoms with Crippen molar-refractivity contribution >= 4 is 17.6 Å². The topological polar surface area (TPSA) is 63.3 Å². The van der Waals surface area contributed by atoms with Crippen LogP contribution in [-0.4, -0.2) is 17.6 Å². The zero-order valence-electron chi connectivity index (χ0n) is 13.6. The molecule has 23 heavy (non-hydrogen) atoms. The first-order chi connectivity index (χ1) is 11.0.